The van der Waals surface area contributed by atoms with Crippen molar-refractivity contribution in [3.8, 4) is 18.1 Å². The molecule has 0 saturated heterocycles. The molecule has 9 heterocycles. The van der Waals surface area contributed by atoms with Gasteiger partial charge in [-0.3, -0.25) is 42.5 Å². The molecule has 1 amide bonds. The Morgan fingerprint density at radius 3 is 2.00 bits per heavy atom. The Hall–Kier alpha value is -7.64. The lowest BCUT2D eigenvalue weighted by Gasteiger charge is -2.28. The summed E-state index contributed by atoms with van der Waals surface area (Å²) in [7, 11) is 0. The minimum absolute atomic E-state index is 0.0117. The number of aromatic nitrogens is 6. The largest absolute Gasteiger partial charge is 0.490 e. The van der Waals surface area contributed by atoms with Gasteiger partial charge in [0.25, 0.3) is 22.6 Å². The van der Waals surface area contributed by atoms with Crippen molar-refractivity contribution in [2.75, 3.05) is 43.6 Å². The number of fused-ring (bicyclic) bond motifs is 5. The summed E-state index contributed by atoms with van der Waals surface area (Å²) >= 11 is 9.84. The number of aliphatic hydroxyl groups is 1. The first-order chi connectivity index (χ1) is 44.7. The molecule has 1 N–H and O–H groups in total. The number of carbonyl (C=O) groups is 3. The normalized spacial score (nSPS) is 14.8. The fourth-order valence-corrected chi connectivity index (χ4v) is 16.8. The minimum Gasteiger partial charge on any atom is -0.490 e. The number of Topliss-reactive ketones (excluding diaryl/α,β-unsaturated/α-hetero) is 2. The van der Waals surface area contributed by atoms with Gasteiger partial charge in [0.1, 0.15) is 33.5 Å². The molecule has 2 saturated carbocycles. The van der Waals surface area contributed by atoms with Crippen molar-refractivity contribution in [2.45, 2.75) is 98.4 Å². The number of ether oxygens (including phenoxy) is 2. The SMILES string of the molecule is C#CCOCCOc1cc(C2(C)N=N2)ccc1C(=O)N1CCc2c(sc3nc(SCC(=O)c4cccs4)n(CC(=C)C)c(=O)c23)C1.O=C(CSc1nc2sccc2c(=O)n1C1CC1)c1ccccc1.O=c1c2ccsc2nc(SCC(O)c2ccccc2)n1C1CC1. The fourth-order valence-electron chi connectivity index (χ4n) is 10.3. The first-order valence-corrected chi connectivity index (χ1v) is 36.0. The number of aliphatic hydroxyl groups excluding tert-OH is 1. The first kappa shape index (κ1) is 64.5. The third-order valence-electron chi connectivity index (χ3n) is 15.4. The van der Waals surface area contributed by atoms with Crippen molar-refractivity contribution in [1.82, 2.24) is 33.6 Å². The molecule has 470 valence electrons. The van der Waals surface area contributed by atoms with Crippen LogP contribution in [0.4, 0.5) is 0 Å². The van der Waals surface area contributed by atoms with E-state index in [-0.39, 0.29) is 71.8 Å². The zero-order valence-electron chi connectivity index (χ0n) is 50.1. The Kier molecular flexibility index (Phi) is 20.1. The number of benzene rings is 3. The summed E-state index contributed by atoms with van der Waals surface area (Å²) in [5, 5.41) is 28.1. The molecule has 4 aliphatic rings. The number of rotatable bonds is 23. The maximum Gasteiger partial charge on any atom is 0.263 e. The number of thiophene rings is 4. The van der Waals surface area contributed by atoms with Crippen molar-refractivity contribution >= 4 is 129 Å². The highest BCUT2D eigenvalue weighted by molar-refractivity contribution is 8.00. The van der Waals surface area contributed by atoms with Crippen LogP contribution in [-0.2, 0) is 29.9 Å². The van der Waals surface area contributed by atoms with Gasteiger partial charge in [-0.15, -0.1) is 51.8 Å². The molecule has 10 aromatic rings. The summed E-state index contributed by atoms with van der Waals surface area (Å²) in [6.07, 6.45) is 9.30. The monoisotopic (exact) mass is 1360 g/mol. The van der Waals surface area contributed by atoms with Gasteiger partial charge in [-0.2, -0.15) is 10.2 Å². The van der Waals surface area contributed by atoms with E-state index in [4.69, 9.17) is 20.9 Å². The summed E-state index contributed by atoms with van der Waals surface area (Å²) in [4.78, 5) is 97.8. The molecule has 18 nitrogen and oxygen atoms in total. The van der Waals surface area contributed by atoms with Gasteiger partial charge in [0.15, 0.2) is 27.0 Å². The molecule has 14 rings (SSSR count). The van der Waals surface area contributed by atoms with Crippen molar-refractivity contribution < 1.29 is 29.0 Å². The molecule has 92 heavy (non-hydrogen) atoms. The molecule has 2 fully saturated rings. The number of terminal acetylenes is 1. The van der Waals surface area contributed by atoms with Crippen LogP contribution in [0.3, 0.4) is 0 Å². The highest BCUT2D eigenvalue weighted by Crippen LogP contribution is 2.43. The Bertz CT molecular complexity index is 4670. The van der Waals surface area contributed by atoms with Crippen LogP contribution in [0.5, 0.6) is 5.75 Å². The second-order valence-electron chi connectivity index (χ2n) is 22.3. The average Bonchev–Trinajstić information content (AvgIpc) is 1.62. The van der Waals surface area contributed by atoms with Crippen molar-refractivity contribution in [3.63, 3.8) is 0 Å². The van der Waals surface area contributed by atoms with Crippen LogP contribution in [0.1, 0.15) is 110 Å². The summed E-state index contributed by atoms with van der Waals surface area (Å²) in [6.45, 7) is 9.50. The van der Waals surface area contributed by atoms with Crippen LogP contribution in [0.15, 0.2) is 172 Å². The summed E-state index contributed by atoms with van der Waals surface area (Å²) in [6, 6.07) is 32.1. The fraction of sp³-hybridized carbons (Fsp3) is 0.299. The Morgan fingerprint density at radius 2 is 1.38 bits per heavy atom. The lowest BCUT2D eigenvalue weighted by atomic mass is 10.0. The topological polar surface area (TPSA) is 223 Å². The van der Waals surface area contributed by atoms with E-state index in [1.807, 2.05) is 119 Å². The molecule has 0 spiro atoms. The van der Waals surface area contributed by atoms with Crippen LogP contribution in [0.2, 0.25) is 0 Å². The molecular weight excluding hydrogens is 1300 g/mol. The van der Waals surface area contributed by atoms with Gasteiger partial charge in [-0.25, -0.2) is 15.0 Å². The molecular formula is C67H61N9O9S7. The van der Waals surface area contributed by atoms with Gasteiger partial charge in [0.2, 0.25) is 5.66 Å². The van der Waals surface area contributed by atoms with Crippen LogP contribution < -0.4 is 21.4 Å². The van der Waals surface area contributed by atoms with E-state index in [0.29, 0.717) is 90.6 Å². The number of carbonyl (C=O) groups excluding carboxylic acids is 3. The second kappa shape index (κ2) is 28.7. The third-order valence-corrected chi connectivity index (χ3v) is 22.0. The van der Waals surface area contributed by atoms with E-state index in [9.17, 15) is 33.9 Å². The highest BCUT2D eigenvalue weighted by atomic mass is 32.2. The number of nitrogens with zero attached hydrogens (tertiary/aromatic N) is 9. The van der Waals surface area contributed by atoms with Gasteiger partial charge in [-0.1, -0.05) is 126 Å². The quantitative estimate of drug-likeness (QED) is 0.0157. The summed E-state index contributed by atoms with van der Waals surface area (Å²) in [5.41, 5.74) is 3.85. The maximum absolute atomic E-state index is 13.9. The molecule has 7 aromatic heterocycles. The van der Waals surface area contributed by atoms with E-state index in [2.05, 4.69) is 32.7 Å². The Morgan fingerprint density at radius 1 is 0.750 bits per heavy atom. The first-order valence-electron chi connectivity index (χ1n) is 29.6. The average molecular weight is 1360 g/mol. The van der Waals surface area contributed by atoms with Crippen molar-refractivity contribution in [1.29, 1.82) is 0 Å². The second-order valence-corrected chi connectivity index (χ2v) is 29.0. The zero-order valence-corrected chi connectivity index (χ0v) is 55.8. The molecule has 0 radical (unpaired) electrons. The van der Waals surface area contributed by atoms with Crippen molar-refractivity contribution in [2.24, 2.45) is 10.2 Å². The third kappa shape index (κ3) is 14.7. The van der Waals surface area contributed by atoms with Crippen LogP contribution in [-0.4, -0.2) is 99.8 Å². The number of thioether (sulfide) groups is 3. The number of ketones is 2. The molecule has 2 aliphatic carbocycles. The Labute approximate surface area is 557 Å². The lowest BCUT2D eigenvalue weighted by molar-refractivity contribution is 0.0728. The van der Waals surface area contributed by atoms with Gasteiger partial charge < -0.3 is 19.5 Å². The van der Waals surface area contributed by atoms with E-state index in [0.717, 1.165) is 67.6 Å². The zero-order chi connectivity index (χ0) is 64.0. The maximum atomic E-state index is 13.9. The van der Waals surface area contributed by atoms with Crippen LogP contribution in [0, 0.1) is 12.3 Å². The van der Waals surface area contributed by atoms with Gasteiger partial charge in [-0.05, 0) is 104 Å². The number of amides is 1. The highest BCUT2D eigenvalue weighted by Gasteiger charge is 2.38. The number of hydrogen-bond donors (Lipinski definition) is 1. The molecule has 2 aliphatic heterocycles. The molecule has 1 atom stereocenters. The van der Waals surface area contributed by atoms with Gasteiger partial charge in [0, 0.05) is 46.9 Å². The van der Waals surface area contributed by atoms with Gasteiger partial charge in [0.05, 0.1) is 57.4 Å². The van der Waals surface area contributed by atoms with E-state index < -0.39 is 11.8 Å². The molecule has 0 bridgehead atoms. The molecule has 25 heteroatoms. The van der Waals surface area contributed by atoms with Crippen LogP contribution in [0.25, 0.3) is 30.6 Å². The lowest BCUT2D eigenvalue weighted by Crippen LogP contribution is -2.36. The number of allylic oxidation sites excluding steroid dienone is 1. The van der Waals surface area contributed by atoms with Crippen molar-refractivity contribution in [3.05, 3.63) is 200 Å². The predicted molar refractivity (Wildman–Crippen MR) is 368 cm³/mol. The van der Waals surface area contributed by atoms with E-state index in [1.165, 1.54) is 80.6 Å². The molecule has 3 aromatic carbocycles. The standard InChI is InChI=1S/C33H31N5O5S3.C17H16N2O2S2.C17H14N2O2S2/c1-5-12-42-13-14-43-25-16-21(33(4)35-36-33)8-9-22(25)30(40)37-11-10-23-27(18-37)46-29-28(23)31(41)38(17-20(2)3)32(34-29)45-19-24(39)26-7-6-15-44-26;2*20-14(11-4-2-1-3-5-11)10-23-17-18-15-13(8-9-22-15)16(21)19(17)12-6-7-12/h1,6-9,15-16H,2,10-14,17-19H2,3-4H3;1-5,8-9,12,14,20H,6-7,10H2;1-5,8-9,12H,6-7,10H2. The predicted octanol–water partition coefficient (Wildman–Crippen LogP) is 13.3. The number of hydrogen-bond acceptors (Lipinski definition) is 21. The minimum atomic E-state index is -0.630. The van der Waals surface area contributed by atoms with E-state index >= 15 is 0 Å². The summed E-state index contributed by atoms with van der Waals surface area (Å²) in [5.74, 6) is 3.66. The van der Waals surface area contributed by atoms with Crippen LogP contribution >= 0.6 is 80.6 Å². The molecule has 1 unspecified atom stereocenters. The summed E-state index contributed by atoms with van der Waals surface area (Å²) < 4.78 is 16.6. The van der Waals surface area contributed by atoms with E-state index in [1.54, 1.807) is 32.2 Å². The Balaban J connectivity index is 0.000000148. The smallest absolute Gasteiger partial charge is 0.263 e. The van der Waals surface area contributed by atoms with Gasteiger partial charge >= 0.3 is 0 Å².